The van der Waals surface area contributed by atoms with Gasteiger partial charge in [-0.25, -0.2) is 4.99 Å². The number of aliphatic imine (C=N–C) groups is 1. The van der Waals surface area contributed by atoms with E-state index in [-0.39, 0.29) is 17.7 Å². The largest absolute Gasteiger partial charge is 0.350 e. The van der Waals surface area contributed by atoms with Gasteiger partial charge in [0.1, 0.15) is 18.2 Å². The van der Waals surface area contributed by atoms with Crippen LogP contribution in [-0.4, -0.2) is 5.84 Å². The Morgan fingerprint density at radius 3 is 1.77 bits per heavy atom. The van der Waals surface area contributed by atoms with E-state index in [0.717, 1.165) is 34.0 Å². The molecule has 0 spiro atoms. The van der Waals surface area contributed by atoms with Crippen molar-refractivity contribution in [3.63, 3.8) is 0 Å². The minimum atomic E-state index is -0.222. The predicted octanol–water partition coefficient (Wildman–Crippen LogP) is 12.6. The number of benzene rings is 8. The number of hydrogen-bond donors (Lipinski definition) is 2. The van der Waals surface area contributed by atoms with E-state index in [2.05, 4.69) is 217 Å². The maximum absolute atomic E-state index is 5.15. The topological polar surface area (TPSA) is 39.7 Å². The van der Waals surface area contributed by atoms with Gasteiger partial charge in [-0.05, 0) is 97.7 Å². The van der Waals surface area contributed by atoms with Gasteiger partial charge in [0.2, 0.25) is 0 Å². The summed E-state index contributed by atoms with van der Waals surface area (Å²) in [4.78, 5) is 7.47. The molecule has 4 nitrogen and oxygen atoms in total. The molecule has 1 aliphatic heterocycles. The third-order valence-corrected chi connectivity index (χ3v) is 11.5. The zero-order chi connectivity index (χ0) is 37.6. The smallest absolute Gasteiger partial charge is 0.131 e. The molecule has 0 saturated carbocycles. The van der Waals surface area contributed by atoms with Crippen molar-refractivity contribution in [1.82, 2.24) is 10.6 Å². The van der Waals surface area contributed by atoms with Gasteiger partial charge >= 0.3 is 0 Å². The van der Waals surface area contributed by atoms with E-state index in [1.807, 2.05) is 6.07 Å². The molecule has 2 atom stereocenters. The highest BCUT2D eigenvalue weighted by Crippen LogP contribution is 2.55. The molecule has 4 heteroatoms. The first-order chi connectivity index (χ1) is 27.5. The number of rotatable bonds is 7. The molecule has 0 saturated heterocycles. The van der Waals surface area contributed by atoms with Crippen LogP contribution in [0, 0.1) is 0 Å². The van der Waals surface area contributed by atoms with Gasteiger partial charge in [0.15, 0.2) is 0 Å². The number of nitrogens with zero attached hydrogens (tertiary/aromatic N) is 2. The Hall–Kier alpha value is -6.75. The highest BCUT2D eigenvalue weighted by molar-refractivity contribution is 6.08. The highest BCUT2D eigenvalue weighted by atomic mass is 15.3. The molecular formula is C52H42N4. The van der Waals surface area contributed by atoms with Gasteiger partial charge in [-0.15, -0.1) is 0 Å². The van der Waals surface area contributed by atoms with E-state index in [9.17, 15) is 0 Å². The quantitative estimate of drug-likeness (QED) is 0.172. The summed E-state index contributed by atoms with van der Waals surface area (Å²) in [7, 11) is 0. The van der Waals surface area contributed by atoms with Crippen molar-refractivity contribution in [2.75, 3.05) is 4.90 Å². The zero-order valence-electron chi connectivity index (χ0n) is 31.5. The van der Waals surface area contributed by atoms with Crippen LogP contribution in [0.2, 0.25) is 0 Å². The molecule has 1 heterocycles. The van der Waals surface area contributed by atoms with Gasteiger partial charge in [0, 0.05) is 28.0 Å². The van der Waals surface area contributed by atoms with E-state index in [1.165, 1.54) is 49.7 Å². The summed E-state index contributed by atoms with van der Waals surface area (Å²) in [6.45, 7) is 4.76. The Kier molecular flexibility index (Phi) is 8.35. The predicted molar refractivity (Wildman–Crippen MR) is 233 cm³/mol. The van der Waals surface area contributed by atoms with Gasteiger partial charge in [0.05, 0.1) is 0 Å². The van der Waals surface area contributed by atoms with Crippen LogP contribution in [0.5, 0.6) is 0 Å². The highest BCUT2D eigenvalue weighted by Gasteiger charge is 2.39. The maximum Gasteiger partial charge on any atom is 0.131 e. The molecule has 0 aromatic heterocycles. The third-order valence-electron chi connectivity index (χ3n) is 11.5. The van der Waals surface area contributed by atoms with Crippen LogP contribution in [-0.2, 0) is 5.41 Å². The third kappa shape index (κ3) is 5.87. The van der Waals surface area contributed by atoms with Crippen LogP contribution >= 0.6 is 0 Å². The molecule has 8 aromatic rings. The van der Waals surface area contributed by atoms with E-state index in [0.29, 0.717) is 0 Å². The molecule has 56 heavy (non-hydrogen) atoms. The first-order valence-corrected chi connectivity index (χ1v) is 19.5. The van der Waals surface area contributed by atoms with Crippen molar-refractivity contribution < 1.29 is 0 Å². The minimum Gasteiger partial charge on any atom is -0.350 e. The minimum absolute atomic E-state index is 0.138. The summed E-state index contributed by atoms with van der Waals surface area (Å²) in [6.07, 6.45) is -0.323. The van der Waals surface area contributed by atoms with E-state index < -0.39 is 0 Å². The summed E-state index contributed by atoms with van der Waals surface area (Å²) in [5, 5.41) is 10.1. The van der Waals surface area contributed by atoms with Crippen molar-refractivity contribution in [3.8, 4) is 22.3 Å². The van der Waals surface area contributed by atoms with Gasteiger partial charge in [-0.1, -0.05) is 166 Å². The summed E-state index contributed by atoms with van der Waals surface area (Å²) in [6, 6.07) is 69.7. The van der Waals surface area contributed by atoms with Crippen molar-refractivity contribution in [3.05, 3.63) is 222 Å². The van der Waals surface area contributed by atoms with Crippen LogP contribution < -0.4 is 15.5 Å². The fourth-order valence-corrected chi connectivity index (χ4v) is 8.70. The Labute approximate surface area is 328 Å². The monoisotopic (exact) mass is 722 g/mol. The van der Waals surface area contributed by atoms with Crippen LogP contribution in [0.25, 0.3) is 33.0 Å². The summed E-state index contributed by atoms with van der Waals surface area (Å²) in [5.74, 6) is 0.890. The molecule has 0 bridgehead atoms. The first-order valence-electron chi connectivity index (χ1n) is 19.5. The molecule has 8 aromatic carbocycles. The number of fused-ring (bicyclic) bond motifs is 4. The number of amidine groups is 1. The number of hydrogen-bond acceptors (Lipinski definition) is 4. The van der Waals surface area contributed by atoms with Gasteiger partial charge in [0.25, 0.3) is 0 Å². The lowest BCUT2D eigenvalue weighted by Crippen LogP contribution is -2.45. The molecular weight excluding hydrogens is 681 g/mol. The maximum atomic E-state index is 5.15. The van der Waals surface area contributed by atoms with Crippen molar-refractivity contribution in [2.45, 2.75) is 31.6 Å². The van der Waals surface area contributed by atoms with Crippen LogP contribution in [0.1, 0.15) is 54.0 Å². The van der Waals surface area contributed by atoms with Crippen molar-refractivity contribution in [2.24, 2.45) is 4.99 Å². The molecule has 0 amide bonds. The van der Waals surface area contributed by atoms with Gasteiger partial charge < -0.3 is 10.2 Å². The number of anilines is 3. The van der Waals surface area contributed by atoms with Crippen molar-refractivity contribution >= 4 is 33.7 Å². The first kappa shape index (κ1) is 33.8. The van der Waals surface area contributed by atoms with Crippen LogP contribution in [0.15, 0.2) is 199 Å². The van der Waals surface area contributed by atoms with Crippen LogP contribution in [0.4, 0.5) is 17.1 Å². The fourth-order valence-electron chi connectivity index (χ4n) is 8.70. The Morgan fingerprint density at radius 2 is 1.09 bits per heavy atom. The number of para-hydroxylation sites is 2. The Bertz CT molecular complexity index is 2670. The lowest BCUT2D eigenvalue weighted by atomic mass is 9.80. The average molecular weight is 723 g/mol. The standard InChI is InChI=1S/C52H42N4/c1-52(2)45-34-39(51-54-49(36-17-7-3-8-18-36)53-50(55-51)37-19-9-4-10-20-37)29-32-44(45)48-46(52)33-38-21-15-16-26-43(38)47(48)35-27-30-42(31-28-35)56(40-22-11-5-12-23-40)41-24-13-6-14-25-41/h3-34,49,51,54H,1-2H3,(H,53,55). The summed E-state index contributed by atoms with van der Waals surface area (Å²) >= 11 is 0. The SMILES string of the molecule is CC1(C)c2cc(C3NC(c4ccccc4)=NC(c4ccccc4)N3)ccc2-c2c1cc1ccccc1c2-c1ccc(N(c2ccccc2)c2ccccc2)cc1. The second-order valence-corrected chi connectivity index (χ2v) is 15.3. The second kappa shape index (κ2) is 13.8. The fraction of sp³-hybridized carbons (Fsp3) is 0.0962. The molecule has 2 unspecified atom stereocenters. The molecule has 0 radical (unpaired) electrons. The molecule has 2 aliphatic rings. The van der Waals surface area contributed by atoms with E-state index in [4.69, 9.17) is 4.99 Å². The van der Waals surface area contributed by atoms with Gasteiger partial charge in [-0.2, -0.15) is 0 Å². The van der Waals surface area contributed by atoms with Gasteiger partial charge in [-0.3, -0.25) is 5.32 Å². The van der Waals surface area contributed by atoms with E-state index in [1.54, 1.807) is 0 Å². The molecule has 270 valence electrons. The zero-order valence-corrected chi connectivity index (χ0v) is 31.5. The summed E-state index contributed by atoms with van der Waals surface area (Å²) < 4.78 is 0. The molecule has 0 fully saturated rings. The molecule has 1 aliphatic carbocycles. The normalized spacial score (nSPS) is 16.7. The molecule has 2 N–H and O–H groups in total. The number of nitrogens with one attached hydrogen (secondary N) is 2. The summed E-state index contributed by atoms with van der Waals surface area (Å²) in [5.41, 5.74) is 14.4. The Morgan fingerprint density at radius 1 is 0.500 bits per heavy atom. The van der Waals surface area contributed by atoms with Crippen LogP contribution in [0.3, 0.4) is 0 Å². The lowest BCUT2D eigenvalue weighted by Gasteiger charge is -2.33. The average Bonchev–Trinajstić information content (AvgIpc) is 3.49. The lowest BCUT2D eigenvalue weighted by molar-refractivity contribution is 0.408. The second-order valence-electron chi connectivity index (χ2n) is 15.3. The van der Waals surface area contributed by atoms with Crippen molar-refractivity contribution in [1.29, 1.82) is 0 Å². The Balaban J connectivity index is 1.08. The van der Waals surface area contributed by atoms with E-state index >= 15 is 0 Å². The molecule has 10 rings (SSSR count).